The van der Waals surface area contributed by atoms with Crippen molar-refractivity contribution in [3.63, 3.8) is 0 Å². The van der Waals surface area contributed by atoms with Gasteiger partial charge in [-0.15, -0.1) is 0 Å². The second-order valence-electron chi connectivity index (χ2n) is 5.30. The number of pyridine rings is 1. The van der Waals surface area contributed by atoms with E-state index >= 15 is 0 Å². The first-order valence-electron chi connectivity index (χ1n) is 7.23. The number of nitrogens with one attached hydrogen (secondary N) is 2. The number of rotatable bonds is 6. The lowest BCUT2D eigenvalue weighted by atomic mass is 10.3. The summed E-state index contributed by atoms with van der Waals surface area (Å²) < 4.78 is 9.75. The number of amides is 1. The third-order valence-electron chi connectivity index (χ3n) is 3.16. The fourth-order valence-electron chi connectivity index (χ4n) is 1.86. The highest BCUT2D eigenvalue weighted by molar-refractivity contribution is 5.94. The maximum Gasteiger partial charge on any atom is 0.340 e. The Morgan fingerprint density at radius 2 is 2.17 bits per heavy atom. The van der Waals surface area contributed by atoms with E-state index in [-0.39, 0.29) is 11.4 Å². The summed E-state index contributed by atoms with van der Waals surface area (Å²) >= 11 is 0. The molecule has 1 fully saturated rings. The molecule has 0 spiro atoms. The van der Waals surface area contributed by atoms with Crippen LogP contribution in [-0.4, -0.2) is 34.7 Å². The van der Waals surface area contributed by atoms with Gasteiger partial charge in [0.2, 0.25) is 0 Å². The van der Waals surface area contributed by atoms with E-state index in [9.17, 15) is 9.59 Å². The molecule has 8 heteroatoms. The highest BCUT2D eigenvalue weighted by Gasteiger charge is 2.21. The van der Waals surface area contributed by atoms with Crippen LogP contribution in [0, 0.1) is 6.92 Å². The Kier molecular flexibility index (Phi) is 4.22. The van der Waals surface area contributed by atoms with E-state index in [1.807, 2.05) is 0 Å². The molecule has 0 aromatic carbocycles. The van der Waals surface area contributed by atoms with Crippen molar-refractivity contribution in [2.24, 2.45) is 0 Å². The van der Waals surface area contributed by atoms with Crippen molar-refractivity contribution < 1.29 is 18.8 Å². The SMILES string of the molecule is Cc1cc(NC(=O)COC(=O)c2ccc(NC3CC3)nc2)no1. The lowest BCUT2D eigenvalue weighted by molar-refractivity contribution is -0.119. The molecule has 120 valence electrons. The summed E-state index contributed by atoms with van der Waals surface area (Å²) in [5.41, 5.74) is 0.288. The van der Waals surface area contributed by atoms with Gasteiger partial charge in [0.05, 0.1) is 5.56 Å². The molecule has 0 radical (unpaired) electrons. The zero-order valence-electron chi connectivity index (χ0n) is 12.5. The molecular formula is C15H16N4O4. The largest absolute Gasteiger partial charge is 0.452 e. The average molecular weight is 316 g/mol. The minimum absolute atomic E-state index is 0.278. The lowest BCUT2D eigenvalue weighted by Gasteiger charge is -2.06. The van der Waals surface area contributed by atoms with Crippen LogP contribution in [-0.2, 0) is 9.53 Å². The van der Waals surface area contributed by atoms with Gasteiger partial charge >= 0.3 is 5.97 Å². The Morgan fingerprint density at radius 3 is 2.78 bits per heavy atom. The summed E-state index contributed by atoms with van der Waals surface area (Å²) in [5.74, 6) is 0.473. The first-order chi connectivity index (χ1) is 11.1. The molecule has 0 aliphatic heterocycles. The van der Waals surface area contributed by atoms with Crippen molar-refractivity contribution in [1.29, 1.82) is 0 Å². The number of anilines is 2. The second kappa shape index (κ2) is 6.47. The molecule has 0 atom stereocenters. The third kappa shape index (κ3) is 4.29. The maximum absolute atomic E-state index is 11.9. The fraction of sp³-hybridized carbons (Fsp3) is 0.333. The fourth-order valence-corrected chi connectivity index (χ4v) is 1.86. The Labute approximate surface area is 132 Å². The lowest BCUT2D eigenvalue weighted by Crippen LogP contribution is -2.21. The molecular weight excluding hydrogens is 300 g/mol. The van der Waals surface area contributed by atoms with Gasteiger partial charge in [-0.25, -0.2) is 9.78 Å². The smallest absolute Gasteiger partial charge is 0.340 e. The third-order valence-corrected chi connectivity index (χ3v) is 3.16. The summed E-state index contributed by atoms with van der Waals surface area (Å²) in [6.45, 7) is 1.30. The number of nitrogens with zero attached hydrogens (tertiary/aromatic N) is 2. The van der Waals surface area contributed by atoms with Crippen LogP contribution in [0.4, 0.5) is 11.6 Å². The van der Waals surface area contributed by atoms with Gasteiger partial charge in [-0.1, -0.05) is 5.16 Å². The zero-order chi connectivity index (χ0) is 16.2. The van der Waals surface area contributed by atoms with E-state index < -0.39 is 18.5 Å². The molecule has 0 unspecified atom stereocenters. The molecule has 1 amide bonds. The van der Waals surface area contributed by atoms with Crippen LogP contribution in [0.5, 0.6) is 0 Å². The predicted molar refractivity (Wildman–Crippen MR) is 81.0 cm³/mol. The van der Waals surface area contributed by atoms with Gasteiger partial charge in [0.25, 0.3) is 5.91 Å². The van der Waals surface area contributed by atoms with Gasteiger partial charge in [0, 0.05) is 18.3 Å². The summed E-state index contributed by atoms with van der Waals surface area (Å²) in [4.78, 5) is 27.6. The highest BCUT2D eigenvalue weighted by Crippen LogP contribution is 2.23. The highest BCUT2D eigenvalue weighted by atomic mass is 16.5. The Morgan fingerprint density at radius 1 is 1.35 bits per heavy atom. The van der Waals surface area contributed by atoms with Crippen molar-refractivity contribution in [2.45, 2.75) is 25.8 Å². The van der Waals surface area contributed by atoms with Crippen molar-refractivity contribution in [3.05, 3.63) is 35.7 Å². The van der Waals surface area contributed by atoms with Crippen LogP contribution in [0.1, 0.15) is 29.0 Å². The van der Waals surface area contributed by atoms with Crippen molar-refractivity contribution in [3.8, 4) is 0 Å². The van der Waals surface area contributed by atoms with Crippen LogP contribution >= 0.6 is 0 Å². The molecule has 23 heavy (non-hydrogen) atoms. The quantitative estimate of drug-likeness (QED) is 0.782. The Balaban J connectivity index is 1.47. The number of aryl methyl sites for hydroxylation is 1. The van der Waals surface area contributed by atoms with Crippen molar-refractivity contribution in [1.82, 2.24) is 10.1 Å². The molecule has 2 aromatic rings. The van der Waals surface area contributed by atoms with Gasteiger partial charge in [-0.05, 0) is 31.9 Å². The monoisotopic (exact) mass is 316 g/mol. The van der Waals surface area contributed by atoms with Gasteiger partial charge in [0.15, 0.2) is 12.4 Å². The molecule has 0 saturated heterocycles. The number of esters is 1. The van der Waals surface area contributed by atoms with Crippen molar-refractivity contribution >= 4 is 23.5 Å². The second-order valence-corrected chi connectivity index (χ2v) is 5.30. The van der Waals surface area contributed by atoms with E-state index in [2.05, 4.69) is 20.8 Å². The van der Waals surface area contributed by atoms with Crippen LogP contribution in [0.25, 0.3) is 0 Å². The van der Waals surface area contributed by atoms with E-state index in [0.29, 0.717) is 11.8 Å². The number of aromatic nitrogens is 2. The standard InChI is InChI=1S/C15H16N4O4/c1-9-6-13(19-23-9)18-14(20)8-22-15(21)10-2-5-12(16-7-10)17-11-3-4-11/h2,5-7,11H,3-4,8H2,1H3,(H,16,17)(H,18,19,20). The maximum atomic E-state index is 11.9. The van der Waals surface area contributed by atoms with Gasteiger partial charge in [0.1, 0.15) is 11.6 Å². The van der Waals surface area contributed by atoms with Crippen LogP contribution in [0.15, 0.2) is 28.9 Å². The number of hydrogen-bond acceptors (Lipinski definition) is 7. The zero-order valence-corrected chi connectivity index (χ0v) is 12.5. The molecule has 1 saturated carbocycles. The van der Waals surface area contributed by atoms with Gasteiger partial charge in [-0.2, -0.15) is 0 Å². The number of hydrogen-bond donors (Lipinski definition) is 2. The van der Waals surface area contributed by atoms with Crippen LogP contribution in [0.2, 0.25) is 0 Å². The molecule has 8 nitrogen and oxygen atoms in total. The molecule has 1 aliphatic carbocycles. The number of carbonyl (C=O) groups excluding carboxylic acids is 2. The topological polar surface area (TPSA) is 106 Å². The number of ether oxygens (including phenoxy) is 1. The minimum atomic E-state index is -0.609. The molecule has 2 heterocycles. The Bertz CT molecular complexity index is 707. The van der Waals surface area contributed by atoms with Gasteiger partial charge < -0.3 is 19.9 Å². The van der Waals surface area contributed by atoms with Crippen LogP contribution in [0.3, 0.4) is 0 Å². The van der Waals surface area contributed by atoms with Crippen LogP contribution < -0.4 is 10.6 Å². The first-order valence-corrected chi connectivity index (χ1v) is 7.23. The first kappa shape index (κ1) is 15.0. The van der Waals surface area contributed by atoms with Gasteiger partial charge in [-0.3, -0.25) is 4.79 Å². The van der Waals surface area contributed by atoms with E-state index in [1.165, 1.54) is 6.20 Å². The molecule has 1 aliphatic rings. The van der Waals surface area contributed by atoms with E-state index in [0.717, 1.165) is 18.7 Å². The summed E-state index contributed by atoms with van der Waals surface area (Å²) in [6.07, 6.45) is 3.71. The Hall–Kier alpha value is -2.90. The number of carbonyl (C=O) groups is 2. The average Bonchev–Trinajstić information content (AvgIpc) is 3.26. The van der Waals surface area contributed by atoms with E-state index in [4.69, 9.17) is 9.26 Å². The summed E-state index contributed by atoms with van der Waals surface area (Å²) in [5, 5.41) is 9.29. The molecule has 2 aromatic heterocycles. The molecule has 3 rings (SSSR count). The molecule has 2 N–H and O–H groups in total. The summed E-state index contributed by atoms with van der Waals surface area (Å²) in [7, 11) is 0. The summed E-state index contributed by atoms with van der Waals surface area (Å²) in [6, 6.07) is 5.38. The normalized spacial score (nSPS) is 13.4. The van der Waals surface area contributed by atoms with E-state index in [1.54, 1.807) is 25.1 Å². The predicted octanol–water partition coefficient (Wildman–Crippen LogP) is 1.75. The molecule has 0 bridgehead atoms. The van der Waals surface area contributed by atoms with Crippen molar-refractivity contribution in [2.75, 3.05) is 17.2 Å². The minimum Gasteiger partial charge on any atom is -0.452 e.